The highest BCUT2D eigenvalue weighted by molar-refractivity contribution is 5.94. The summed E-state index contributed by atoms with van der Waals surface area (Å²) >= 11 is 0. The molecule has 1 saturated carbocycles. The summed E-state index contributed by atoms with van der Waals surface area (Å²) in [6, 6.07) is 0. The normalized spacial score (nSPS) is 29.9. The number of hydrogen-bond acceptors (Lipinski definition) is 3. The van der Waals surface area contributed by atoms with Crippen molar-refractivity contribution in [2.45, 2.75) is 33.1 Å². The first-order valence-corrected chi connectivity index (χ1v) is 6.09. The van der Waals surface area contributed by atoms with Crippen molar-refractivity contribution in [1.82, 2.24) is 4.90 Å². The zero-order chi connectivity index (χ0) is 11.7. The van der Waals surface area contributed by atoms with Crippen LogP contribution in [0.5, 0.6) is 0 Å². The highest BCUT2D eigenvalue weighted by Crippen LogP contribution is 2.38. The first-order valence-electron chi connectivity index (χ1n) is 6.09. The Morgan fingerprint density at radius 1 is 1.44 bits per heavy atom. The van der Waals surface area contributed by atoms with Crippen molar-refractivity contribution < 1.29 is 14.3 Å². The van der Waals surface area contributed by atoms with Gasteiger partial charge in [-0.05, 0) is 24.7 Å². The van der Waals surface area contributed by atoms with E-state index in [0.29, 0.717) is 25.0 Å². The predicted octanol–water partition coefficient (Wildman–Crippen LogP) is 2.04. The van der Waals surface area contributed by atoms with Gasteiger partial charge in [-0.15, -0.1) is 0 Å². The van der Waals surface area contributed by atoms with Crippen molar-refractivity contribution >= 4 is 12.0 Å². The van der Waals surface area contributed by atoms with E-state index in [9.17, 15) is 9.59 Å². The van der Waals surface area contributed by atoms with Crippen LogP contribution in [-0.4, -0.2) is 30.1 Å². The topological polar surface area (TPSA) is 46.6 Å². The number of nitrogens with zero attached hydrogens (tertiary/aromatic N) is 1. The van der Waals surface area contributed by atoms with Gasteiger partial charge in [0.1, 0.15) is 6.61 Å². The summed E-state index contributed by atoms with van der Waals surface area (Å²) in [5, 5.41) is 0. The summed E-state index contributed by atoms with van der Waals surface area (Å²) < 4.78 is 4.81. The summed E-state index contributed by atoms with van der Waals surface area (Å²) in [6.07, 6.45) is 2.67. The number of imide groups is 1. The third-order valence-electron chi connectivity index (χ3n) is 3.77. The average Bonchev–Trinajstić information content (AvgIpc) is 2.84. The van der Waals surface area contributed by atoms with Crippen LogP contribution in [0.3, 0.4) is 0 Å². The van der Waals surface area contributed by atoms with Crippen LogP contribution < -0.4 is 0 Å². The molecule has 1 aliphatic carbocycles. The van der Waals surface area contributed by atoms with E-state index in [1.165, 1.54) is 4.90 Å². The van der Waals surface area contributed by atoms with E-state index in [1.807, 2.05) is 0 Å². The molecule has 0 aromatic heterocycles. The van der Waals surface area contributed by atoms with Crippen LogP contribution in [-0.2, 0) is 9.53 Å². The molecule has 0 aromatic carbocycles. The zero-order valence-electron chi connectivity index (χ0n) is 9.94. The van der Waals surface area contributed by atoms with Gasteiger partial charge in [0, 0.05) is 5.92 Å². The molecule has 0 radical (unpaired) electrons. The summed E-state index contributed by atoms with van der Waals surface area (Å²) in [5.74, 6) is 0.959. The molecule has 2 rings (SSSR count). The SMILES string of the molecule is CC(C)[C@@H]1CCC[C@H]1C(=O)N1CCOC1=O. The second-order valence-corrected chi connectivity index (χ2v) is 5.05. The molecule has 1 saturated heterocycles. The molecule has 0 spiro atoms. The number of ether oxygens (including phenoxy) is 1. The van der Waals surface area contributed by atoms with Crippen LogP contribution in [0.25, 0.3) is 0 Å². The summed E-state index contributed by atoms with van der Waals surface area (Å²) in [5.41, 5.74) is 0. The van der Waals surface area contributed by atoms with Crippen LogP contribution in [0.2, 0.25) is 0 Å². The second-order valence-electron chi connectivity index (χ2n) is 5.05. The number of carbonyl (C=O) groups is 2. The second kappa shape index (κ2) is 4.44. The van der Waals surface area contributed by atoms with Gasteiger partial charge in [0.2, 0.25) is 5.91 Å². The lowest BCUT2D eigenvalue weighted by atomic mass is 9.85. The molecule has 16 heavy (non-hydrogen) atoms. The monoisotopic (exact) mass is 225 g/mol. The van der Waals surface area contributed by atoms with Gasteiger partial charge in [-0.1, -0.05) is 20.3 Å². The first kappa shape index (κ1) is 11.4. The van der Waals surface area contributed by atoms with Crippen LogP contribution in [0.1, 0.15) is 33.1 Å². The van der Waals surface area contributed by atoms with E-state index in [4.69, 9.17) is 4.74 Å². The van der Waals surface area contributed by atoms with E-state index >= 15 is 0 Å². The molecule has 0 unspecified atom stereocenters. The Bertz CT molecular complexity index is 301. The lowest BCUT2D eigenvalue weighted by molar-refractivity contribution is -0.133. The summed E-state index contributed by atoms with van der Waals surface area (Å²) in [7, 11) is 0. The molecule has 2 atom stereocenters. The molecule has 1 heterocycles. The molecule has 0 bridgehead atoms. The molecule has 2 fully saturated rings. The Kier molecular flexibility index (Phi) is 3.17. The van der Waals surface area contributed by atoms with Gasteiger partial charge >= 0.3 is 6.09 Å². The fourth-order valence-corrected chi connectivity index (χ4v) is 2.89. The Hall–Kier alpha value is -1.06. The number of hydrogen-bond donors (Lipinski definition) is 0. The van der Waals surface area contributed by atoms with Crippen LogP contribution >= 0.6 is 0 Å². The first-order chi connectivity index (χ1) is 7.61. The van der Waals surface area contributed by atoms with E-state index in [-0.39, 0.29) is 11.8 Å². The van der Waals surface area contributed by atoms with Crippen LogP contribution in [0.15, 0.2) is 0 Å². The zero-order valence-corrected chi connectivity index (χ0v) is 9.94. The molecule has 90 valence electrons. The highest BCUT2D eigenvalue weighted by Gasteiger charge is 2.40. The third-order valence-corrected chi connectivity index (χ3v) is 3.77. The van der Waals surface area contributed by atoms with Gasteiger partial charge in [0.15, 0.2) is 0 Å². The Labute approximate surface area is 95.9 Å². The van der Waals surface area contributed by atoms with Gasteiger partial charge in [-0.2, -0.15) is 0 Å². The maximum Gasteiger partial charge on any atom is 0.416 e. The number of amides is 2. The molecule has 2 amide bonds. The van der Waals surface area contributed by atoms with Crippen molar-refractivity contribution in [2.75, 3.05) is 13.2 Å². The number of cyclic esters (lactones) is 1. The van der Waals surface area contributed by atoms with Gasteiger partial charge in [0.25, 0.3) is 0 Å². The standard InChI is InChI=1S/C12H19NO3/c1-8(2)9-4-3-5-10(9)11(14)13-6-7-16-12(13)15/h8-10H,3-7H2,1-2H3/t9-,10+/m0/s1. The lowest BCUT2D eigenvalue weighted by Crippen LogP contribution is -2.39. The van der Waals surface area contributed by atoms with Crippen molar-refractivity contribution in [1.29, 1.82) is 0 Å². The minimum atomic E-state index is -0.459. The lowest BCUT2D eigenvalue weighted by Gasteiger charge is -2.24. The van der Waals surface area contributed by atoms with Crippen LogP contribution in [0.4, 0.5) is 4.79 Å². The van der Waals surface area contributed by atoms with Crippen molar-refractivity contribution in [3.63, 3.8) is 0 Å². The summed E-state index contributed by atoms with van der Waals surface area (Å²) in [4.78, 5) is 24.8. The molecule has 1 aliphatic heterocycles. The van der Waals surface area contributed by atoms with Gasteiger partial charge in [0.05, 0.1) is 6.54 Å². The minimum Gasteiger partial charge on any atom is -0.447 e. The molecular formula is C12H19NO3. The Morgan fingerprint density at radius 3 is 2.75 bits per heavy atom. The minimum absolute atomic E-state index is 0.0151. The predicted molar refractivity (Wildman–Crippen MR) is 58.7 cm³/mol. The molecule has 0 N–H and O–H groups in total. The molecule has 4 heteroatoms. The molecular weight excluding hydrogens is 206 g/mol. The van der Waals surface area contributed by atoms with E-state index in [0.717, 1.165) is 19.3 Å². The third kappa shape index (κ3) is 1.93. The Balaban J connectivity index is 2.06. The average molecular weight is 225 g/mol. The largest absolute Gasteiger partial charge is 0.447 e. The summed E-state index contributed by atoms with van der Waals surface area (Å²) in [6.45, 7) is 5.08. The molecule has 4 nitrogen and oxygen atoms in total. The highest BCUT2D eigenvalue weighted by atomic mass is 16.6. The van der Waals surface area contributed by atoms with E-state index < -0.39 is 6.09 Å². The quantitative estimate of drug-likeness (QED) is 0.722. The van der Waals surface area contributed by atoms with E-state index in [1.54, 1.807) is 0 Å². The van der Waals surface area contributed by atoms with Crippen molar-refractivity contribution in [2.24, 2.45) is 17.8 Å². The fraction of sp³-hybridized carbons (Fsp3) is 0.833. The van der Waals surface area contributed by atoms with Crippen molar-refractivity contribution in [3.8, 4) is 0 Å². The van der Waals surface area contributed by atoms with Crippen molar-refractivity contribution in [3.05, 3.63) is 0 Å². The smallest absolute Gasteiger partial charge is 0.416 e. The maximum atomic E-state index is 12.2. The number of rotatable bonds is 2. The maximum absolute atomic E-state index is 12.2. The van der Waals surface area contributed by atoms with Crippen LogP contribution in [0, 0.1) is 17.8 Å². The Morgan fingerprint density at radius 2 is 2.19 bits per heavy atom. The molecule has 2 aliphatic rings. The van der Waals surface area contributed by atoms with E-state index in [2.05, 4.69) is 13.8 Å². The fourth-order valence-electron chi connectivity index (χ4n) is 2.89. The van der Waals surface area contributed by atoms with Gasteiger partial charge < -0.3 is 4.74 Å². The number of carbonyl (C=O) groups excluding carboxylic acids is 2. The van der Waals surface area contributed by atoms with Gasteiger partial charge in [-0.3, -0.25) is 4.79 Å². The molecule has 0 aromatic rings. The van der Waals surface area contributed by atoms with Gasteiger partial charge in [-0.25, -0.2) is 9.69 Å².